The second-order valence-electron chi connectivity index (χ2n) is 1.89. The van der Waals surface area contributed by atoms with Gasteiger partial charge in [-0.25, -0.2) is 0 Å². The van der Waals surface area contributed by atoms with E-state index in [0.29, 0.717) is 0 Å². The third-order valence-electron chi connectivity index (χ3n) is 0.740. The second kappa shape index (κ2) is 18.1. The predicted octanol–water partition coefficient (Wildman–Crippen LogP) is 4.28. The average Bonchev–Trinajstić information content (AvgIpc) is 2.15. The third kappa shape index (κ3) is 24.5. The zero-order valence-corrected chi connectivity index (χ0v) is 10.6. The molecule has 0 amide bonds. The summed E-state index contributed by atoms with van der Waals surface area (Å²) in [5.41, 5.74) is 0. The molecular weight excluding hydrogens is 216 g/mol. The average molecular weight is 234 g/mol. The van der Waals surface area contributed by atoms with Crippen LogP contribution in [0, 0.1) is 0 Å². The van der Waals surface area contributed by atoms with E-state index in [4.69, 9.17) is 0 Å². The molecule has 0 rings (SSSR count). The zero-order valence-electron chi connectivity index (χ0n) is 8.20. The standard InChI is InChI=1S/C6H10S2.C4H8S/c1-3-5-7-8-6-4-2;1-3-4-5-2/h3-4H,1-2,5-6H2;3H,1,4H2,2H3. The quantitative estimate of drug-likeness (QED) is 0.367. The first kappa shape index (κ1) is 15.7. The molecule has 0 saturated carbocycles. The van der Waals surface area contributed by atoms with Crippen molar-refractivity contribution in [2.75, 3.05) is 23.5 Å². The monoisotopic (exact) mass is 234 g/mol. The predicted molar refractivity (Wildman–Crippen MR) is 73.9 cm³/mol. The molecule has 3 heteroatoms. The van der Waals surface area contributed by atoms with E-state index in [-0.39, 0.29) is 0 Å². The molecule has 76 valence electrons. The van der Waals surface area contributed by atoms with Crippen molar-refractivity contribution in [1.29, 1.82) is 0 Å². The lowest BCUT2D eigenvalue weighted by Crippen LogP contribution is -1.64. The van der Waals surface area contributed by atoms with Crippen molar-refractivity contribution in [2.45, 2.75) is 0 Å². The van der Waals surface area contributed by atoms with Crippen LogP contribution in [0.5, 0.6) is 0 Å². The van der Waals surface area contributed by atoms with Crippen LogP contribution in [0.3, 0.4) is 0 Å². The van der Waals surface area contributed by atoms with E-state index < -0.39 is 0 Å². The molecule has 0 spiro atoms. The molecule has 0 nitrogen and oxygen atoms in total. The summed E-state index contributed by atoms with van der Waals surface area (Å²) < 4.78 is 0. The minimum Gasteiger partial charge on any atom is -0.161 e. The summed E-state index contributed by atoms with van der Waals surface area (Å²) in [6.07, 6.45) is 7.76. The lowest BCUT2D eigenvalue weighted by atomic mass is 10.8. The van der Waals surface area contributed by atoms with Crippen LogP contribution < -0.4 is 0 Å². The molecule has 0 heterocycles. The van der Waals surface area contributed by atoms with E-state index in [0.717, 1.165) is 17.3 Å². The lowest BCUT2D eigenvalue weighted by Gasteiger charge is -1.89. The highest BCUT2D eigenvalue weighted by Gasteiger charge is 1.79. The SMILES string of the molecule is C=CCSC.C=CCSSCC=C. The van der Waals surface area contributed by atoms with Gasteiger partial charge in [-0.3, -0.25) is 0 Å². The van der Waals surface area contributed by atoms with Crippen molar-refractivity contribution in [2.24, 2.45) is 0 Å². The fraction of sp³-hybridized carbons (Fsp3) is 0.400. The zero-order chi connectivity index (χ0) is 10.4. The van der Waals surface area contributed by atoms with Crippen LogP contribution in [0.1, 0.15) is 0 Å². The van der Waals surface area contributed by atoms with Gasteiger partial charge in [0.15, 0.2) is 0 Å². The van der Waals surface area contributed by atoms with Crippen LogP contribution in [-0.2, 0) is 0 Å². The van der Waals surface area contributed by atoms with Crippen molar-refractivity contribution >= 4 is 33.3 Å². The summed E-state index contributed by atoms with van der Waals surface area (Å²) in [6, 6.07) is 0. The van der Waals surface area contributed by atoms with Gasteiger partial charge >= 0.3 is 0 Å². The largest absolute Gasteiger partial charge is 0.161 e. The molecule has 0 aliphatic rings. The molecule has 0 unspecified atom stereocenters. The summed E-state index contributed by atoms with van der Waals surface area (Å²) in [5, 5.41) is 0. The van der Waals surface area contributed by atoms with E-state index in [1.807, 2.05) is 18.2 Å². The van der Waals surface area contributed by atoms with E-state index in [1.165, 1.54) is 0 Å². The topological polar surface area (TPSA) is 0 Å². The second-order valence-corrected chi connectivity index (χ2v) is 5.35. The van der Waals surface area contributed by atoms with Gasteiger partial charge in [0.05, 0.1) is 0 Å². The smallest absolute Gasteiger partial charge is 0.0215 e. The maximum absolute atomic E-state index is 3.60. The maximum Gasteiger partial charge on any atom is 0.0215 e. The molecule has 0 aromatic rings. The molecule has 0 N–H and O–H groups in total. The number of hydrogen-bond acceptors (Lipinski definition) is 3. The van der Waals surface area contributed by atoms with Crippen LogP contribution >= 0.6 is 33.3 Å². The van der Waals surface area contributed by atoms with Gasteiger partial charge in [-0.05, 0) is 6.26 Å². The van der Waals surface area contributed by atoms with Crippen molar-refractivity contribution < 1.29 is 0 Å². The van der Waals surface area contributed by atoms with Gasteiger partial charge in [0.1, 0.15) is 0 Å². The first-order valence-corrected chi connectivity index (χ1v) is 7.77. The van der Waals surface area contributed by atoms with Gasteiger partial charge in [-0.2, -0.15) is 11.8 Å². The van der Waals surface area contributed by atoms with Gasteiger partial charge in [-0.15, -0.1) is 19.7 Å². The molecule has 0 bridgehead atoms. The van der Waals surface area contributed by atoms with Crippen molar-refractivity contribution in [3.63, 3.8) is 0 Å². The third-order valence-corrected chi connectivity index (χ3v) is 3.54. The maximum atomic E-state index is 3.60. The Balaban J connectivity index is 0. The highest BCUT2D eigenvalue weighted by Crippen LogP contribution is 2.20. The van der Waals surface area contributed by atoms with E-state index >= 15 is 0 Å². The van der Waals surface area contributed by atoms with Crippen molar-refractivity contribution in [1.82, 2.24) is 0 Å². The summed E-state index contributed by atoms with van der Waals surface area (Å²) in [4.78, 5) is 0. The molecular formula is C10H18S3. The Hall–Kier alpha value is 0.270. The summed E-state index contributed by atoms with van der Waals surface area (Å²) in [5.74, 6) is 3.12. The fourth-order valence-electron chi connectivity index (χ4n) is 0.310. The van der Waals surface area contributed by atoms with Gasteiger partial charge in [0.2, 0.25) is 0 Å². The molecule has 0 aromatic heterocycles. The van der Waals surface area contributed by atoms with Gasteiger partial charge in [-0.1, -0.05) is 39.8 Å². The van der Waals surface area contributed by atoms with Gasteiger partial charge < -0.3 is 0 Å². The molecule has 0 saturated heterocycles. The van der Waals surface area contributed by atoms with Gasteiger partial charge in [0, 0.05) is 17.3 Å². The first-order chi connectivity index (χ1) is 6.33. The highest BCUT2D eigenvalue weighted by atomic mass is 33.1. The summed E-state index contributed by atoms with van der Waals surface area (Å²) in [7, 11) is 3.61. The minimum atomic E-state index is 1.03. The molecule has 0 aromatic carbocycles. The first-order valence-electron chi connectivity index (χ1n) is 3.89. The molecule has 0 aliphatic heterocycles. The van der Waals surface area contributed by atoms with Crippen LogP contribution in [0.15, 0.2) is 38.0 Å². The molecule has 13 heavy (non-hydrogen) atoms. The van der Waals surface area contributed by atoms with E-state index in [2.05, 4.69) is 26.0 Å². The molecule has 0 fully saturated rings. The Morgan fingerprint density at radius 2 is 1.23 bits per heavy atom. The number of rotatable bonds is 7. The minimum absolute atomic E-state index is 1.03. The highest BCUT2D eigenvalue weighted by molar-refractivity contribution is 8.76. The molecule has 0 aliphatic carbocycles. The Morgan fingerprint density at radius 1 is 0.846 bits per heavy atom. The number of hydrogen-bond donors (Lipinski definition) is 0. The van der Waals surface area contributed by atoms with Crippen LogP contribution in [0.4, 0.5) is 0 Å². The van der Waals surface area contributed by atoms with E-state index in [1.54, 1.807) is 33.3 Å². The summed E-state index contributed by atoms with van der Waals surface area (Å²) in [6.45, 7) is 10.7. The molecule has 0 radical (unpaired) electrons. The fourth-order valence-corrected chi connectivity index (χ4v) is 2.09. The van der Waals surface area contributed by atoms with Crippen molar-refractivity contribution in [3.8, 4) is 0 Å². The number of thioether (sulfide) groups is 1. The van der Waals surface area contributed by atoms with E-state index in [9.17, 15) is 0 Å². The Kier molecular flexibility index (Phi) is 21.9. The summed E-state index contributed by atoms with van der Waals surface area (Å²) >= 11 is 1.78. The molecule has 0 atom stereocenters. The Labute approximate surface area is 94.7 Å². The van der Waals surface area contributed by atoms with Gasteiger partial charge in [0.25, 0.3) is 0 Å². The Bertz CT molecular complexity index is 111. The van der Waals surface area contributed by atoms with Crippen molar-refractivity contribution in [3.05, 3.63) is 38.0 Å². The lowest BCUT2D eigenvalue weighted by molar-refractivity contribution is 1.82. The van der Waals surface area contributed by atoms with Crippen LogP contribution in [0.25, 0.3) is 0 Å². The van der Waals surface area contributed by atoms with Crippen LogP contribution in [0.2, 0.25) is 0 Å². The van der Waals surface area contributed by atoms with Crippen LogP contribution in [-0.4, -0.2) is 23.5 Å². The Morgan fingerprint density at radius 3 is 1.38 bits per heavy atom. The normalized spacial score (nSPS) is 8.08.